The van der Waals surface area contributed by atoms with Crippen LogP contribution in [-0.4, -0.2) is 52.1 Å². The van der Waals surface area contributed by atoms with E-state index in [0.29, 0.717) is 36.8 Å². The minimum atomic E-state index is -0.523. The number of amides is 1. The van der Waals surface area contributed by atoms with Crippen molar-refractivity contribution in [2.24, 2.45) is 0 Å². The first kappa shape index (κ1) is 19.5. The fourth-order valence-electron chi connectivity index (χ4n) is 2.81. The Labute approximate surface area is 152 Å². The number of ether oxygens (including phenoxy) is 1. The molecule has 2 rings (SSSR count). The lowest BCUT2D eigenvalue weighted by Gasteiger charge is -2.40. The second-order valence-electron chi connectivity index (χ2n) is 7.29. The van der Waals surface area contributed by atoms with Crippen LogP contribution in [-0.2, 0) is 11.3 Å². The van der Waals surface area contributed by atoms with Gasteiger partial charge in [0.05, 0.1) is 4.92 Å². The van der Waals surface area contributed by atoms with Gasteiger partial charge in [-0.2, -0.15) is 0 Å². The highest BCUT2D eigenvalue weighted by molar-refractivity contribution is 6.31. The van der Waals surface area contributed by atoms with Crippen molar-refractivity contribution in [2.45, 2.75) is 45.9 Å². The van der Waals surface area contributed by atoms with Gasteiger partial charge in [0.15, 0.2) is 0 Å². The van der Waals surface area contributed by atoms with Crippen molar-refractivity contribution >= 4 is 23.4 Å². The van der Waals surface area contributed by atoms with E-state index < -0.39 is 10.5 Å². The van der Waals surface area contributed by atoms with Crippen molar-refractivity contribution < 1.29 is 14.5 Å². The van der Waals surface area contributed by atoms with E-state index in [-0.39, 0.29) is 17.8 Å². The van der Waals surface area contributed by atoms with Crippen molar-refractivity contribution in [3.8, 4) is 0 Å². The molecule has 0 spiro atoms. The van der Waals surface area contributed by atoms with Gasteiger partial charge in [0.1, 0.15) is 5.60 Å². The summed E-state index contributed by atoms with van der Waals surface area (Å²) in [4.78, 5) is 26.6. The predicted molar refractivity (Wildman–Crippen MR) is 95.8 cm³/mol. The van der Waals surface area contributed by atoms with Gasteiger partial charge in [0.2, 0.25) is 0 Å². The quantitative estimate of drug-likeness (QED) is 0.600. The van der Waals surface area contributed by atoms with Gasteiger partial charge in [-0.1, -0.05) is 11.6 Å². The van der Waals surface area contributed by atoms with Crippen LogP contribution < -0.4 is 0 Å². The van der Waals surface area contributed by atoms with E-state index in [2.05, 4.69) is 4.90 Å². The number of non-ortho nitro benzene ring substituents is 1. The highest BCUT2D eigenvalue weighted by atomic mass is 35.5. The Balaban J connectivity index is 2.01. The second-order valence-corrected chi connectivity index (χ2v) is 7.70. The maximum absolute atomic E-state index is 12.3. The van der Waals surface area contributed by atoms with E-state index in [1.165, 1.54) is 12.1 Å². The van der Waals surface area contributed by atoms with Crippen molar-refractivity contribution in [1.29, 1.82) is 0 Å². The molecule has 138 valence electrons. The van der Waals surface area contributed by atoms with E-state index in [0.717, 1.165) is 0 Å². The van der Waals surface area contributed by atoms with Crippen LogP contribution in [0.25, 0.3) is 0 Å². The summed E-state index contributed by atoms with van der Waals surface area (Å²) >= 11 is 6.17. The fourth-order valence-corrected chi connectivity index (χ4v) is 2.98. The van der Waals surface area contributed by atoms with Crippen molar-refractivity contribution in [3.05, 3.63) is 38.9 Å². The molecule has 8 heteroatoms. The first-order chi connectivity index (χ1) is 11.6. The number of nitro benzene ring substituents is 1. The zero-order chi connectivity index (χ0) is 18.8. The molecule has 0 N–H and O–H groups in total. The van der Waals surface area contributed by atoms with Gasteiger partial charge in [-0.15, -0.1) is 0 Å². The third-order valence-electron chi connectivity index (χ3n) is 3.97. The maximum Gasteiger partial charge on any atom is 0.410 e. The van der Waals surface area contributed by atoms with Crippen LogP contribution in [0.15, 0.2) is 18.2 Å². The van der Waals surface area contributed by atoms with Gasteiger partial charge in [-0.3, -0.25) is 15.0 Å². The number of piperazine rings is 1. The summed E-state index contributed by atoms with van der Waals surface area (Å²) < 4.78 is 5.43. The predicted octanol–water partition coefficient (Wildman–Crippen LogP) is 3.69. The van der Waals surface area contributed by atoms with Gasteiger partial charge < -0.3 is 9.64 Å². The summed E-state index contributed by atoms with van der Waals surface area (Å²) in [6.07, 6.45) is -0.312. The zero-order valence-electron chi connectivity index (χ0n) is 15.0. The van der Waals surface area contributed by atoms with Gasteiger partial charge in [-0.25, -0.2) is 4.79 Å². The van der Waals surface area contributed by atoms with Crippen LogP contribution in [0.4, 0.5) is 10.5 Å². The number of nitro groups is 1. The van der Waals surface area contributed by atoms with Gasteiger partial charge in [0.25, 0.3) is 5.69 Å². The van der Waals surface area contributed by atoms with Crippen molar-refractivity contribution in [2.75, 3.05) is 19.6 Å². The lowest BCUT2D eigenvalue weighted by atomic mass is 10.1. The number of hydrogen-bond acceptors (Lipinski definition) is 5. The molecule has 0 aromatic heterocycles. The average molecular weight is 370 g/mol. The largest absolute Gasteiger partial charge is 0.444 e. The third-order valence-corrected chi connectivity index (χ3v) is 4.34. The van der Waals surface area contributed by atoms with Crippen LogP contribution in [0.1, 0.15) is 33.3 Å². The molecule has 1 amide bonds. The number of carbonyl (C=O) groups is 1. The molecule has 0 saturated carbocycles. The molecule has 7 nitrogen and oxygen atoms in total. The molecule has 1 aromatic rings. The molecule has 1 heterocycles. The zero-order valence-corrected chi connectivity index (χ0v) is 15.7. The molecule has 0 bridgehead atoms. The Bertz CT molecular complexity index is 660. The summed E-state index contributed by atoms with van der Waals surface area (Å²) in [5.74, 6) is 0. The molecule has 1 saturated heterocycles. The molecule has 25 heavy (non-hydrogen) atoms. The summed E-state index contributed by atoms with van der Waals surface area (Å²) in [5.41, 5.74) is 0.221. The monoisotopic (exact) mass is 369 g/mol. The Morgan fingerprint density at radius 3 is 2.64 bits per heavy atom. The minimum Gasteiger partial charge on any atom is -0.444 e. The third kappa shape index (κ3) is 5.31. The van der Waals surface area contributed by atoms with Crippen molar-refractivity contribution in [3.63, 3.8) is 0 Å². The molecular weight excluding hydrogens is 346 g/mol. The van der Waals surface area contributed by atoms with Crippen LogP contribution in [0.2, 0.25) is 5.02 Å². The molecule has 1 atom stereocenters. The maximum atomic E-state index is 12.3. The first-order valence-electron chi connectivity index (χ1n) is 8.21. The molecule has 1 aliphatic heterocycles. The molecule has 1 aliphatic rings. The van der Waals surface area contributed by atoms with Crippen LogP contribution >= 0.6 is 11.6 Å². The van der Waals surface area contributed by atoms with E-state index >= 15 is 0 Å². The lowest BCUT2D eigenvalue weighted by Crippen LogP contribution is -2.54. The van der Waals surface area contributed by atoms with Crippen LogP contribution in [0, 0.1) is 10.1 Å². The summed E-state index contributed by atoms with van der Waals surface area (Å²) in [6, 6.07) is 4.44. The summed E-state index contributed by atoms with van der Waals surface area (Å²) in [7, 11) is 0. The Kier molecular flexibility index (Phi) is 5.90. The fraction of sp³-hybridized carbons (Fsp3) is 0.588. The molecule has 1 fully saturated rings. The highest BCUT2D eigenvalue weighted by Crippen LogP contribution is 2.25. The van der Waals surface area contributed by atoms with E-state index in [1.807, 2.05) is 27.7 Å². The number of rotatable bonds is 3. The van der Waals surface area contributed by atoms with Crippen LogP contribution in [0.5, 0.6) is 0 Å². The molecule has 0 unspecified atom stereocenters. The van der Waals surface area contributed by atoms with Gasteiger partial charge in [0, 0.05) is 49.4 Å². The Morgan fingerprint density at radius 1 is 1.40 bits per heavy atom. The molecular formula is C17H24ClN3O4. The standard InChI is InChI=1S/C17H24ClN3O4/c1-12-10-19(7-8-20(12)16(22)25-17(2,3)4)11-13-9-14(21(23)24)5-6-15(13)18/h5-6,9,12H,7-8,10-11H2,1-4H3/t12-/m0/s1. The second kappa shape index (κ2) is 7.58. The number of benzene rings is 1. The average Bonchev–Trinajstić information content (AvgIpc) is 2.47. The van der Waals surface area contributed by atoms with Crippen LogP contribution in [0.3, 0.4) is 0 Å². The Hall–Kier alpha value is -1.86. The summed E-state index contributed by atoms with van der Waals surface area (Å²) in [6.45, 7) is 9.85. The normalized spacial score (nSPS) is 18.9. The molecule has 1 aromatic carbocycles. The number of hydrogen-bond donors (Lipinski definition) is 0. The van der Waals surface area contributed by atoms with Gasteiger partial charge in [-0.05, 0) is 39.3 Å². The number of carbonyl (C=O) groups excluding carboxylic acids is 1. The van der Waals surface area contributed by atoms with E-state index in [4.69, 9.17) is 16.3 Å². The first-order valence-corrected chi connectivity index (χ1v) is 8.59. The van der Waals surface area contributed by atoms with Gasteiger partial charge >= 0.3 is 6.09 Å². The number of halogens is 1. The SMILES string of the molecule is C[C@H]1CN(Cc2cc([N+](=O)[O-])ccc2Cl)CCN1C(=O)OC(C)(C)C. The Morgan fingerprint density at radius 2 is 2.08 bits per heavy atom. The smallest absolute Gasteiger partial charge is 0.410 e. The molecule has 0 aliphatic carbocycles. The van der Waals surface area contributed by atoms with E-state index in [1.54, 1.807) is 11.0 Å². The summed E-state index contributed by atoms with van der Waals surface area (Å²) in [5, 5.41) is 11.4. The topological polar surface area (TPSA) is 75.9 Å². The molecule has 0 radical (unpaired) electrons. The highest BCUT2D eigenvalue weighted by Gasteiger charge is 2.31. The number of nitrogens with zero attached hydrogens (tertiary/aromatic N) is 3. The lowest BCUT2D eigenvalue weighted by molar-refractivity contribution is -0.384. The van der Waals surface area contributed by atoms with E-state index in [9.17, 15) is 14.9 Å². The minimum absolute atomic E-state index is 0.0129. The van der Waals surface area contributed by atoms with Crippen molar-refractivity contribution in [1.82, 2.24) is 9.80 Å².